The predicted octanol–water partition coefficient (Wildman–Crippen LogP) is 4.22. The monoisotopic (exact) mass is 331 g/mol. The number of alkyl halides is 1. The SMILES string of the molecule is CC(C)(CCCCl)CNC(=O)c1cccc(Br)c1. The fraction of sp³-hybridized carbons (Fsp3) is 0.500. The van der Waals surface area contributed by atoms with Gasteiger partial charge in [-0.3, -0.25) is 4.79 Å². The molecule has 18 heavy (non-hydrogen) atoms. The highest BCUT2D eigenvalue weighted by molar-refractivity contribution is 9.10. The first-order valence-electron chi connectivity index (χ1n) is 6.04. The van der Waals surface area contributed by atoms with E-state index in [1.165, 1.54) is 0 Å². The van der Waals surface area contributed by atoms with Crippen LogP contribution in [0, 0.1) is 5.41 Å². The van der Waals surface area contributed by atoms with Crippen molar-refractivity contribution >= 4 is 33.4 Å². The molecule has 0 saturated heterocycles. The number of carbonyl (C=O) groups excluding carboxylic acids is 1. The minimum Gasteiger partial charge on any atom is -0.352 e. The summed E-state index contributed by atoms with van der Waals surface area (Å²) in [4.78, 5) is 12.0. The van der Waals surface area contributed by atoms with Crippen LogP contribution in [0.4, 0.5) is 0 Å². The van der Waals surface area contributed by atoms with E-state index in [9.17, 15) is 4.79 Å². The van der Waals surface area contributed by atoms with E-state index in [4.69, 9.17) is 11.6 Å². The third kappa shape index (κ3) is 5.40. The number of hydrogen-bond donors (Lipinski definition) is 1. The fourth-order valence-corrected chi connectivity index (χ4v) is 2.22. The summed E-state index contributed by atoms with van der Waals surface area (Å²) in [6.45, 7) is 4.94. The van der Waals surface area contributed by atoms with Crippen LogP contribution in [-0.2, 0) is 0 Å². The molecular formula is C14H19BrClNO. The summed E-state index contributed by atoms with van der Waals surface area (Å²) in [5.74, 6) is 0.637. The van der Waals surface area contributed by atoms with E-state index in [1.54, 1.807) is 0 Å². The first-order valence-corrected chi connectivity index (χ1v) is 7.37. The van der Waals surface area contributed by atoms with Crippen LogP contribution in [0.15, 0.2) is 28.7 Å². The van der Waals surface area contributed by atoms with Crippen LogP contribution >= 0.6 is 27.5 Å². The van der Waals surface area contributed by atoms with Gasteiger partial charge < -0.3 is 5.32 Å². The molecule has 0 spiro atoms. The van der Waals surface area contributed by atoms with Crippen molar-refractivity contribution in [2.24, 2.45) is 5.41 Å². The summed E-state index contributed by atoms with van der Waals surface area (Å²) in [5.41, 5.74) is 0.758. The summed E-state index contributed by atoms with van der Waals surface area (Å²) in [7, 11) is 0. The van der Waals surface area contributed by atoms with E-state index in [-0.39, 0.29) is 11.3 Å². The fourth-order valence-electron chi connectivity index (χ4n) is 1.69. The average Bonchev–Trinajstić information content (AvgIpc) is 2.34. The molecule has 0 aliphatic carbocycles. The molecule has 100 valence electrons. The van der Waals surface area contributed by atoms with Gasteiger partial charge in [-0.1, -0.05) is 35.8 Å². The van der Waals surface area contributed by atoms with Gasteiger partial charge in [-0.25, -0.2) is 0 Å². The van der Waals surface area contributed by atoms with Crippen LogP contribution in [0.3, 0.4) is 0 Å². The van der Waals surface area contributed by atoms with Gasteiger partial charge in [0.25, 0.3) is 5.91 Å². The number of nitrogens with one attached hydrogen (secondary N) is 1. The minimum absolute atomic E-state index is 0.0322. The minimum atomic E-state index is -0.0322. The van der Waals surface area contributed by atoms with E-state index in [2.05, 4.69) is 35.1 Å². The third-order valence-electron chi connectivity index (χ3n) is 2.80. The Morgan fingerprint density at radius 2 is 2.17 bits per heavy atom. The Hall–Kier alpha value is -0.540. The lowest BCUT2D eigenvalue weighted by Crippen LogP contribution is -2.34. The van der Waals surface area contributed by atoms with E-state index < -0.39 is 0 Å². The zero-order valence-corrected chi connectivity index (χ0v) is 13.1. The van der Waals surface area contributed by atoms with Crippen LogP contribution in [0.5, 0.6) is 0 Å². The molecule has 0 saturated carbocycles. The molecule has 0 aromatic heterocycles. The molecule has 1 rings (SSSR count). The Kier molecular flexibility index (Phi) is 6.16. The molecule has 1 aromatic carbocycles. The highest BCUT2D eigenvalue weighted by Gasteiger charge is 2.18. The number of carbonyl (C=O) groups is 1. The molecule has 1 aromatic rings. The first kappa shape index (κ1) is 15.5. The molecule has 0 unspecified atom stereocenters. The van der Waals surface area contributed by atoms with Gasteiger partial charge in [0.05, 0.1) is 0 Å². The molecule has 0 aliphatic rings. The van der Waals surface area contributed by atoms with Crippen molar-refractivity contribution in [3.8, 4) is 0 Å². The summed E-state index contributed by atoms with van der Waals surface area (Å²) in [5, 5.41) is 2.97. The number of rotatable bonds is 6. The second-order valence-electron chi connectivity index (χ2n) is 5.15. The van der Waals surface area contributed by atoms with Gasteiger partial charge in [-0.2, -0.15) is 0 Å². The van der Waals surface area contributed by atoms with E-state index in [0.717, 1.165) is 17.3 Å². The smallest absolute Gasteiger partial charge is 0.251 e. The molecule has 4 heteroatoms. The Balaban J connectivity index is 2.50. The summed E-state index contributed by atoms with van der Waals surface area (Å²) >= 11 is 9.05. The Morgan fingerprint density at radius 3 is 2.78 bits per heavy atom. The molecule has 2 nitrogen and oxygen atoms in total. The number of hydrogen-bond acceptors (Lipinski definition) is 1. The van der Waals surface area contributed by atoms with Gasteiger partial charge in [0, 0.05) is 22.5 Å². The van der Waals surface area contributed by atoms with E-state index in [0.29, 0.717) is 18.0 Å². The van der Waals surface area contributed by atoms with Crippen molar-refractivity contribution < 1.29 is 4.79 Å². The zero-order valence-electron chi connectivity index (χ0n) is 10.8. The van der Waals surface area contributed by atoms with Gasteiger partial charge in [-0.15, -0.1) is 11.6 Å². The van der Waals surface area contributed by atoms with Crippen LogP contribution in [-0.4, -0.2) is 18.3 Å². The molecule has 0 bridgehead atoms. The highest BCUT2D eigenvalue weighted by atomic mass is 79.9. The second kappa shape index (κ2) is 7.15. The van der Waals surface area contributed by atoms with Crippen molar-refractivity contribution in [1.29, 1.82) is 0 Å². The number of halogens is 2. The van der Waals surface area contributed by atoms with Crippen LogP contribution < -0.4 is 5.32 Å². The third-order valence-corrected chi connectivity index (χ3v) is 3.56. The second-order valence-corrected chi connectivity index (χ2v) is 6.44. The van der Waals surface area contributed by atoms with Gasteiger partial charge in [0.15, 0.2) is 0 Å². The maximum absolute atomic E-state index is 12.0. The van der Waals surface area contributed by atoms with Crippen LogP contribution in [0.1, 0.15) is 37.0 Å². The molecule has 1 N–H and O–H groups in total. The summed E-state index contributed by atoms with van der Waals surface area (Å²) < 4.78 is 0.913. The molecule has 0 fully saturated rings. The predicted molar refractivity (Wildman–Crippen MR) is 80.2 cm³/mol. The maximum atomic E-state index is 12.0. The van der Waals surface area contributed by atoms with Crippen LogP contribution in [0.2, 0.25) is 0 Å². The zero-order chi connectivity index (χ0) is 13.6. The van der Waals surface area contributed by atoms with Crippen molar-refractivity contribution in [3.05, 3.63) is 34.3 Å². The highest BCUT2D eigenvalue weighted by Crippen LogP contribution is 2.21. The van der Waals surface area contributed by atoms with Crippen LogP contribution in [0.25, 0.3) is 0 Å². The standard InChI is InChI=1S/C14H19BrClNO/c1-14(2,7-4-8-16)10-17-13(18)11-5-3-6-12(15)9-11/h3,5-6,9H,4,7-8,10H2,1-2H3,(H,17,18). The van der Waals surface area contributed by atoms with Crippen molar-refractivity contribution in [2.75, 3.05) is 12.4 Å². The Morgan fingerprint density at radius 1 is 1.44 bits per heavy atom. The molecule has 0 heterocycles. The van der Waals surface area contributed by atoms with Gasteiger partial charge in [-0.05, 0) is 36.5 Å². The molecule has 1 amide bonds. The Labute approximate surface area is 122 Å². The van der Waals surface area contributed by atoms with Crippen molar-refractivity contribution in [2.45, 2.75) is 26.7 Å². The number of amides is 1. The van der Waals surface area contributed by atoms with E-state index >= 15 is 0 Å². The summed E-state index contributed by atoms with van der Waals surface area (Å²) in [6.07, 6.45) is 1.98. The summed E-state index contributed by atoms with van der Waals surface area (Å²) in [6, 6.07) is 7.39. The largest absolute Gasteiger partial charge is 0.352 e. The van der Waals surface area contributed by atoms with Gasteiger partial charge in [0.1, 0.15) is 0 Å². The Bertz CT molecular complexity index is 407. The molecule has 0 radical (unpaired) electrons. The molecule has 0 atom stereocenters. The first-order chi connectivity index (χ1) is 8.44. The lowest BCUT2D eigenvalue weighted by Gasteiger charge is -2.24. The van der Waals surface area contributed by atoms with Gasteiger partial charge in [0.2, 0.25) is 0 Å². The molecule has 0 aliphatic heterocycles. The van der Waals surface area contributed by atoms with Gasteiger partial charge >= 0.3 is 0 Å². The number of benzene rings is 1. The topological polar surface area (TPSA) is 29.1 Å². The lowest BCUT2D eigenvalue weighted by molar-refractivity contribution is 0.0934. The average molecular weight is 333 g/mol. The van der Waals surface area contributed by atoms with Crippen molar-refractivity contribution in [1.82, 2.24) is 5.32 Å². The lowest BCUT2D eigenvalue weighted by atomic mass is 9.88. The molecular weight excluding hydrogens is 314 g/mol. The van der Waals surface area contributed by atoms with E-state index in [1.807, 2.05) is 24.3 Å². The quantitative estimate of drug-likeness (QED) is 0.776. The normalized spacial score (nSPS) is 11.3. The maximum Gasteiger partial charge on any atom is 0.251 e. The van der Waals surface area contributed by atoms with Crippen molar-refractivity contribution in [3.63, 3.8) is 0 Å².